The molecule has 12 aromatic carbocycles. The molecule has 0 aliphatic carbocycles. The summed E-state index contributed by atoms with van der Waals surface area (Å²) in [5.74, 6) is 0. The van der Waals surface area contributed by atoms with Crippen LogP contribution >= 0.6 is 0 Å². The van der Waals surface area contributed by atoms with Crippen molar-refractivity contribution in [2.75, 3.05) is 0 Å². The van der Waals surface area contributed by atoms with Crippen LogP contribution < -0.4 is 0 Å². The van der Waals surface area contributed by atoms with E-state index in [9.17, 15) is 0 Å². The second-order valence-corrected chi connectivity index (χ2v) is 17.1. The SMILES string of the molecule is C(=Cc1ccccc1-c1cccc2c(-c3ccccc3)c3ccccc3c(-c3ccccc3)c12)c1cccc(-c2ccc(-c3c4ccccc4c(-c4ccccc4)c4ccccc34)cc2)c1. The zero-order chi connectivity index (χ0) is 43.8. The standard InChI is InChI=1S/C66H44/c1-4-22-48(23-5-1)62-55-30-12-14-32-57(55)63(58-33-15-13-31-56(58)62)51-42-40-46(41-43-51)52-28-18-20-45(44-52)38-39-47-21-10-11-29-53(47)54-36-19-37-61-64(49-24-6-2-7-25-49)59-34-16-17-35-60(59)65(66(54)61)50-26-8-3-9-27-50/h1-44H. The van der Waals surface area contributed by atoms with E-state index in [0.29, 0.717) is 0 Å². The van der Waals surface area contributed by atoms with E-state index in [4.69, 9.17) is 0 Å². The van der Waals surface area contributed by atoms with Gasteiger partial charge in [-0.05, 0) is 127 Å². The summed E-state index contributed by atoms with van der Waals surface area (Å²) in [4.78, 5) is 0. The van der Waals surface area contributed by atoms with E-state index >= 15 is 0 Å². The third-order valence-corrected chi connectivity index (χ3v) is 13.3. The highest BCUT2D eigenvalue weighted by atomic mass is 14.2. The molecule has 0 heterocycles. The Balaban J connectivity index is 0.935. The molecule has 0 heteroatoms. The van der Waals surface area contributed by atoms with Gasteiger partial charge in [0.2, 0.25) is 0 Å². The summed E-state index contributed by atoms with van der Waals surface area (Å²) in [6, 6.07) is 92.9. The molecule has 0 saturated carbocycles. The van der Waals surface area contributed by atoms with Gasteiger partial charge in [-0.25, -0.2) is 0 Å². The van der Waals surface area contributed by atoms with Crippen LogP contribution in [0, 0.1) is 0 Å². The van der Waals surface area contributed by atoms with Crippen LogP contribution in [0.2, 0.25) is 0 Å². The Morgan fingerprint density at radius 1 is 0.212 bits per heavy atom. The van der Waals surface area contributed by atoms with Crippen LogP contribution in [0.25, 0.3) is 122 Å². The topological polar surface area (TPSA) is 0 Å². The van der Waals surface area contributed by atoms with E-state index < -0.39 is 0 Å². The first-order valence-corrected chi connectivity index (χ1v) is 22.8. The number of fused-ring (bicyclic) bond motifs is 4. The molecule has 0 N–H and O–H groups in total. The molecule has 0 bridgehead atoms. The van der Waals surface area contributed by atoms with Crippen molar-refractivity contribution in [2.45, 2.75) is 0 Å². The van der Waals surface area contributed by atoms with Gasteiger partial charge in [-0.3, -0.25) is 0 Å². The quantitative estimate of drug-likeness (QED) is 0.106. The maximum absolute atomic E-state index is 2.31. The third-order valence-electron chi connectivity index (χ3n) is 13.3. The molecule has 0 spiro atoms. The second-order valence-electron chi connectivity index (χ2n) is 17.1. The van der Waals surface area contributed by atoms with E-state index in [0.717, 1.165) is 5.56 Å². The van der Waals surface area contributed by atoms with Crippen LogP contribution in [0.1, 0.15) is 11.1 Å². The third kappa shape index (κ3) is 6.88. The fraction of sp³-hybridized carbons (Fsp3) is 0. The molecule has 12 aromatic rings. The highest BCUT2D eigenvalue weighted by Gasteiger charge is 2.21. The molecule has 0 atom stereocenters. The van der Waals surface area contributed by atoms with Gasteiger partial charge in [0.1, 0.15) is 0 Å². The van der Waals surface area contributed by atoms with Crippen molar-refractivity contribution in [3.8, 4) is 66.8 Å². The van der Waals surface area contributed by atoms with E-state index in [1.807, 2.05) is 0 Å². The Hall–Kier alpha value is -8.58. The number of rotatable bonds is 8. The Labute approximate surface area is 386 Å². The minimum Gasteiger partial charge on any atom is -0.0622 e. The van der Waals surface area contributed by atoms with Crippen molar-refractivity contribution in [3.05, 3.63) is 266 Å². The van der Waals surface area contributed by atoms with Crippen LogP contribution in [-0.2, 0) is 0 Å². The van der Waals surface area contributed by atoms with Gasteiger partial charge in [0.05, 0.1) is 0 Å². The highest BCUT2D eigenvalue weighted by Crippen LogP contribution is 2.48. The predicted molar refractivity (Wildman–Crippen MR) is 284 cm³/mol. The number of hydrogen-bond acceptors (Lipinski definition) is 0. The van der Waals surface area contributed by atoms with Gasteiger partial charge >= 0.3 is 0 Å². The molecule has 0 aliphatic heterocycles. The first-order valence-electron chi connectivity index (χ1n) is 22.8. The second kappa shape index (κ2) is 16.8. The molecule has 66 heavy (non-hydrogen) atoms. The molecule has 0 fully saturated rings. The monoisotopic (exact) mass is 836 g/mol. The average molecular weight is 837 g/mol. The van der Waals surface area contributed by atoms with Crippen molar-refractivity contribution in [2.24, 2.45) is 0 Å². The van der Waals surface area contributed by atoms with Gasteiger partial charge in [0.25, 0.3) is 0 Å². The van der Waals surface area contributed by atoms with Gasteiger partial charge in [-0.15, -0.1) is 0 Å². The molecule has 0 aliphatic rings. The molecular formula is C66H44. The predicted octanol–water partition coefficient (Wildman–Crippen LogP) is 18.5. The van der Waals surface area contributed by atoms with Gasteiger partial charge < -0.3 is 0 Å². The average Bonchev–Trinajstić information content (AvgIpc) is 3.39. The molecule has 0 amide bonds. The molecule has 12 rings (SSSR count). The summed E-state index contributed by atoms with van der Waals surface area (Å²) >= 11 is 0. The zero-order valence-corrected chi connectivity index (χ0v) is 36.4. The molecule has 0 radical (unpaired) electrons. The van der Waals surface area contributed by atoms with Crippen molar-refractivity contribution >= 4 is 55.2 Å². The smallest absolute Gasteiger partial charge is 0.00139 e. The van der Waals surface area contributed by atoms with Crippen LogP contribution in [0.15, 0.2) is 255 Å². The Morgan fingerprint density at radius 2 is 0.576 bits per heavy atom. The lowest BCUT2D eigenvalue weighted by molar-refractivity contribution is 1.59. The maximum atomic E-state index is 2.31. The summed E-state index contributed by atoms with van der Waals surface area (Å²) in [6.07, 6.45) is 4.55. The first kappa shape index (κ1) is 39.0. The lowest BCUT2D eigenvalue weighted by atomic mass is 9.82. The molecule has 0 nitrogen and oxygen atoms in total. The Kier molecular flexibility index (Phi) is 9.97. The molecule has 0 saturated heterocycles. The lowest BCUT2D eigenvalue weighted by Crippen LogP contribution is -1.94. The largest absolute Gasteiger partial charge is 0.0622 e. The van der Waals surface area contributed by atoms with Crippen LogP contribution in [0.3, 0.4) is 0 Å². The van der Waals surface area contributed by atoms with Gasteiger partial charge in [-0.1, -0.05) is 261 Å². The van der Waals surface area contributed by atoms with Crippen molar-refractivity contribution < 1.29 is 0 Å². The highest BCUT2D eigenvalue weighted by molar-refractivity contribution is 6.25. The van der Waals surface area contributed by atoms with Crippen molar-refractivity contribution in [3.63, 3.8) is 0 Å². The summed E-state index contributed by atoms with van der Waals surface area (Å²) in [5, 5.41) is 10.1. The number of benzene rings is 12. The fourth-order valence-corrected chi connectivity index (χ4v) is 10.4. The van der Waals surface area contributed by atoms with E-state index in [1.165, 1.54) is 115 Å². The van der Waals surface area contributed by atoms with E-state index in [2.05, 4.69) is 267 Å². The molecule has 308 valence electrons. The minimum atomic E-state index is 1.15. The van der Waals surface area contributed by atoms with Crippen LogP contribution in [-0.4, -0.2) is 0 Å². The minimum absolute atomic E-state index is 1.15. The van der Waals surface area contributed by atoms with Crippen molar-refractivity contribution in [1.82, 2.24) is 0 Å². The van der Waals surface area contributed by atoms with Gasteiger partial charge in [-0.2, -0.15) is 0 Å². The maximum Gasteiger partial charge on any atom is -0.00139 e. The molecule has 0 unspecified atom stereocenters. The summed E-state index contributed by atoms with van der Waals surface area (Å²) in [6.45, 7) is 0. The normalized spacial score (nSPS) is 11.6. The fourth-order valence-electron chi connectivity index (χ4n) is 10.4. The van der Waals surface area contributed by atoms with E-state index in [-0.39, 0.29) is 0 Å². The zero-order valence-electron chi connectivity index (χ0n) is 36.4. The Morgan fingerprint density at radius 3 is 1.12 bits per heavy atom. The van der Waals surface area contributed by atoms with Crippen molar-refractivity contribution in [1.29, 1.82) is 0 Å². The molecule has 0 aromatic heterocycles. The van der Waals surface area contributed by atoms with Gasteiger partial charge in [0, 0.05) is 0 Å². The van der Waals surface area contributed by atoms with Gasteiger partial charge in [0.15, 0.2) is 0 Å². The summed E-state index contributed by atoms with van der Waals surface area (Å²) in [7, 11) is 0. The van der Waals surface area contributed by atoms with Crippen LogP contribution in [0.5, 0.6) is 0 Å². The Bertz CT molecular complexity index is 3710. The summed E-state index contributed by atoms with van der Waals surface area (Å²) in [5.41, 5.74) is 17.1. The lowest BCUT2D eigenvalue weighted by Gasteiger charge is -2.21. The molecular weight excluding hydrogens is 793 g/mol. The van der Waals surface area contributed by atoms with Crippen LogP contribution in [0.4, 0.5) is 0 Å². The van der Waals surface area contributed by atoms with E-state index in [1.54, 1.807) is 0 Å². The number of hydrogen-bond donors (Lipinski definition) is 0. The summed E-state index contributed by atoms with van der Waals surface area (Å²) < 4.78 is 0. The first-order chi connectivity index (χ1) is 32.8.